The van der Waals surface area contributed by atoms with Gasteiger partial charge >= 0.3 is 0 Å². The number of nitrogens with one attached hydrogen (secondary N) is 2. The Morgan fingerprint density at radius 2 is 1.05 bits per heavy atom. The second kappa shape index (κ2) is 11.9. The third-order valence-corrected chi connectivity index (χ3v) is 7.15. The lowest BCUT2D eigenvalue weighted by Crippen LogP contribution is -2.31. The van der Waals surface area contributed by atoms with Gasteiger partial charge in [0.25, 0.3) is 11.8 Å². The number of amides is 2. The average molecular weight is 537 g/mol. The monoisotopic (exact) mass is 536 g/mol. The van der Waals surface area contributed by atoms with Gasteiger partial charge < -0.3 is 20.4 Å². The molecule has 0 fully saturated rings. The molecule has 3 aromatic carbocycles. The van der Waals surface area contributed by atoms with Crippen LogP contribution >= 0.6 is 0 Å². The van der Waals surface area contributed by atoms with Crippen LogP contribution in [-0.2, 0) is 12.8 Å². The number of nitrogens with zero attached hydrogens (tertiary/aromatic N) is 4. The number of benzene rings is 3. The average Bonchev–Trinajstić information content (AvgIpc) is 3.56. The number of hydrogen-bond acceptors (Lipinski definition) is 6. The van der Waals surface area contributed by atoms with E-state index in [-0.39, 0.29) is 11.8 Å². The van der Waals surface area contributed by atoms with Crippen LogP contribution in [0.4, 0.5) is 11.4 Å². The summed E-state index contributed by atoms with van der Waals surface area (Å²) in [6, 6.07) is 19.8. The molecule has 0 radical (unpaired) electrons. The highest BCUT2D eigenvalue weighted by molar-refractivity contribution is 6.10. The molecule has 0 aliphatic carbocycles. The van der Waals surface area contributed by atoms with Crippen molar-refractivity contribution >= 4 is 34.6 Å². The first kappa shape index (κ1) is 27.4. The van der Waals surface area contributed by atoms with Crippen molar-refractivity contribution in [2.75, 3.05) is 54.4 Å². The Balaban J connectivity index is 1.20. The van der Waals surface area contributed by atoms with E-state index in [1.54, 1.807) is 0 Å². The molecule has 0 aromatic heterocycles. The predicted molar refractivity (Wildman–Crippen MR) is 161 cm³/mol. The van der Waals surface area contributed by atoms with Crippen LogP contribution < -0.4 is 10.6 Å². The maximum atomic E-state index is 12.5. The van der Waals surface area contributed by atoms with Gasteiger partial charge in [-0.25, -0.2) is 0 Å². The second-order valence-corrected chi connectivity index (χ2v) is 10.9. The molecule has 0 atom stereocenters. The number of carbonyl (C=O) groups is 2. The van der Waals surface area contributed by atoms with E-state index in [4.69, 9.17) is 9.98 Å². The Morgan fingerprint density at radius 3 is 1.43 bits per heavy atom. The lowest BCUT2D eigenvalue weighted by molar-refractivity contribution is 0.0942. The summed E-state index contributed by atoms with van der Waals surface area (Å²) >= 11 is 0. The van der Waals surface area contributed by atoms with Crippen LogP contribution in [0.15, 0.2) is 70.6 Å². The highest BCUT2D eigenvalue weighted by atomic mass is 16.2. The molecule has 0 saturated heterocycles. The Morgan fingerprint density at radius 1 is 0.650 bits per heavy atom. The molecule has 40 heavy (non-hydrogen) atoms. The van der Waals surface area contributed by atoms with E-state index in [1.165, 1.54) is 0 Å². The number of rotatable bonds is 10. The van der Waals surface area contributed by atoms with Crippen molar-refractivity contribution in [3.8, 4) is 0 Å². The van der Waals surface area contributed by atoms with Gasteiger partial charge in [0, 0.05) is 50.1 Å². The molecule has 2 amide bonds. The van der Waals surface area contributed by atoms with E-state index in [0.29, 0.717) is 37.1 Å². The molecule has 0 unspecified atom stereocenters. The van der Waals surface area contributed by atoms with Gasteiger partial charge in [-0.15, -0.1) is 0 Å². The van der Waals surface area contributed by atoms with E-state index in [9.17, 15) is 9.59 Å². The molecule has 0 saturated carbocycles. The van der Waals surface area contributed by atoms with Gasteiger partial charge in [0.2, 0.25) is 0 Å². The molecular weight excluding hydrogens is 500 g/mol. The quantitative estimate of drug-likeness (QED) is 0.414. The molecule has 206 valence electrons. The second-order valence-electron chi connectivity index (χ2n) is 10.9. The van der Waals surface area contributed by atoms with Crippen LogP contribution in [0.2, 0.25) is 0 Å². The molecule has 2 heterocycles. The van der Waals surface area contributed by atoms with Crippen LogP contribution in [0, 0.1) is 0 Å². The van der Waals surface area contributed by atoms with Gasteiger partial charge in [-0.1, -0.05) is 24.3 Å². The first-order valence-corrected chi connectivity index (χ1v) is 13.6. The molecule has 0 bridgehead atoms. The number of likely N-dealkylation sites (N-methyl/N-ethyl adjacent to an activating group) is 2. The smallest absolute Gasteiger partial charge is 0.251 e. The fourth-order valence-corrected chi connectivity index (χ4v) is 4.86. The molecule has 2 aliphatic heterocycles. The maximum absolute atomic E-state index is 12.5. The summed E-state index contributed by atoms with van der Waals surface area (Å²) in [6.07, 6.45) is 1.39. The zero-order valence-corrected chi connectivity index (χ0v) is 23.6. The minimum atomic E-state index is -0.0575. The van der Waals surface area contributed by atoms with Crippen molar-refractivity contribution in [2.24, 2.45) is 9.98 Å². The van der Waals surface area contributed by atoms with E-state index < -0.39 is 0 Å². The first-order valence-electron chi connectivity index (χ1n) is 13.6. The van der Waals surface area contributed by atoms with Crippen molar-refractivity contribution < 1.29 is 9.59 Å². The highest BCUT2D eigenvalue weighted by Gasteiger charge is 2.21. The SMILES string of the molecule is CN(C)CCNC(=O)c1ccc2c(c1)CC(c1ccc(C3=Nc4ccc(C(=O)NCCN(C)C)cc4C3)cc1)=N2. The van der Waals surface area contributed by atoms with E-state index >= 15 is 0 Å². The lowest BCUT2D eigenvalue weighted by Gasteiger charge is -2.10. The Hall–Kier alpha value is -4.14. The lowest BCUT2D eigenvalue weighted by atomic mass is 9.98. The fraction of sp³-hybridized carbons (Fsp3) is 0.312. The standard InChI is InChI=1S/C32H36N6O2/c1-37(2)15-13-33-31(39)23-9-11-27-25(17-23)19-29(35-27)21-5-7-22(8-6-21)30-20-26-18-24(10-12-28(26)36-30)32(40)34-14-16-38(3)4/h5-12,17-18H,13-16,19-20H2,1-4H3,(H,33,39)(H,34,40). The minimum Gasteiger partial charge on any atom is -0.351 e. The van der Waals surface area contributed by atoms with Gasteiger partial charge in [-0.3, -0.25) is 19.6 Å². The zero-order valence-electron chi connectivity index (χ0n) is 23.6. The van der Waals surface area contributed by atoms with Crippen molar-refractivity contribution in [1.82, 2.24) is 20.4 Å². The summed E-state index contributed by atoms with van der Waals surface area (Å²) in [5.41, 5.74) is 9.40. The summed E-state index contributed by atoms with van der Waals surface area (Å²) in [4.78, 5) is 38.8. The number of aliphatic imine (C=N–C) groups is 2. The maximum Gasteiger partial charge on any atom is 0.251 e. The summed E-state index contributed by atoms with van der Waals surface area (Å²) < 4.78 is 0. The van der Waals surface area contributed by atoms with E-state index in [0.717, 1.165) is 58.1 Å². The van der Waals surface area contributed by atoms with Gasteiger partial charge in [-0.05, 0) is 86.8 Å². The van der Waals surface area contributed by atoms with E-state index in [1.807, 2.05) is 74.4 Å². The summed E-state index contributed by atoms with van der Waals surface area (Å²) in [5, 5.41) is 5.95. The van der Waals surface area contributed by atoms with Crippen LogP contribution in [0.25, 0.3) is 0 Å². The molecule has 5 rings (SSSR count). The van der Waals surface area contributed by atoms with Gasteiger partial charge in [0.05, 0.1) is 22.8 Å². The molecule has 2 aliphatic rings. The van der Waals surface area contributed by atoms with Crippen LogP contribution in [-0.4, -0.2) is 87.4 Å². The molecular formula is C32H36N6O2. The van der Waals surface area contributed by atoms with E-state index in [2.05, 4.69) is 34.9 Å². The summed E-state index contributed by atoms with van der Waals surface area (Å²) in [7, 11) is 7.94. The van der Waals surface area contributed by atoms with Crippen molar-refractivity contribution in [1.29, 1.82) is 0 Å². The highest BCUT2D eigenvalue weighted by Crippen LogP contribution is 2.32. The third-order valence-electron chi connectivity index (χ3n) is 7.15. The van der Waals surface area contributed by atoms with Crippen LogP contribution in [0.3, 0.4) is 0 Å². The summed E-state index contributed by atoms with van der Waals surface area (Å²) in [6.45, 7) is 2.82. The van der Waals surface area contributed by atoms with Crippen molar-refractivity contribution in [3.05, 3.63) is 94.0 Å². The van der Waals surface area contributed by atoms with Crippen LogP contribution in [0.1, 0.15) is 43.0 Å². The van der Waals surface area contributed by atoms with Crippen molar-refractivity contribution in [3.63, 3.8) is 0 Å². The zero-order chi connectivity index (χ0) is 28.2. The Bertz CT molecular complexity index is 1380. The molecule has 2 N–H and O–H groups in total. The first-order chi connectivity index (χ1) is 19.3. The Labute approximate surface area is 235 Å². The number of fused-ring (bicyclic) bond motifs is 2. The molecule has 8 heteroatoms. The molecule has 0 spiro atoms. The van der Waals surface area contributed by atoms with Gasteiger partial charge in [0.1, 0.15) is 0 Å². The molecule has 3 aromatic rings. The van der Waals surface area contributed by atoms with Crippen molar-refractivity contribution in [2.45, 2.75) is 12.8 Å². The number of carbonyl (C=O) groups excluding carboxylic acids is 2. The molecule has 8 nitrogen and oxygen atoms in total. The topological polar surface area (TPSA) is 89.4 Å². The van der Waals surface area contributed by atoms with Gasteiger partial charge in [0.15, 0.2) is 0 Å². The largest absolute Gasteiger partial charge is 0.351 e. The van der Waals surface area contributed by atoms with Crippen LogP contribution in [0.5, 0.6) is 0 Å². The Kier molecular flexibility index (Phi) is 8.19. The fourth-order valence-electron chi connectivity index (χ4n) is 4.86. The minimum absolute atomic E-state index is 0.0575. The number of hydrogen-bond donors (Lipinski definition) is 2. The third kappa shape index (κ3) is 6.35. The normalized spacial score (nSPS) is 13.7. The predicted octanol–water partition coefficient (Wildman–Crippen LogP) is 3.62. The summed E-state index contributed by atoms with van der Waals surface area (Å²) in [5.74, 6) is -0.115. The van der Waals surface area contributed by atoms with Gasteiger partial charge in [-0.2, -0.15) is 0 Å².